The summed E-state index contributed by atoms with van der Waals surface area (Å²) >= 11 is 7.40. The molecule has 2 heterocycles. The quantitative estimate of drug-likeness (QED) is 0.809. The van der Waals surface area contributed by atoms with Crippen LogP contribution in [0.5, 0.6) is 0 Å². The summed E-state index contributed by atoms with van der Waals surface area (Å²) in [6.45, 7) is 0.560. The van der Waals surface area contributed by atoms with Crippen molar-refractivity contribution in [2.75, 3.05) is 6.54 Å². The molecule has 0 aliphatic rings. The highest BCUT2D eigenvalue weighted by atomic mass is 127. The van der Waals surface area contributed by atoms with E-state index in [2.05, 4.69) is 49.7 Å². The molecule has 0 aromatic carbocycles. The molecule has 80 valence electrons. The largest absolute Gasteiger partial charge is 0.328 e. The van der Waals surface area contributed by atoms with Gasteiger partial charge in [-0.2, -0.15) is 5.10 Å². The third kappa shape index (κ3) is 2.61. The predicted molar refractivity (Wildman–Crippen MR) is 74.2 cm³/mol. The molecular formula is C9H9BrIN3S. The zero-order valence-corrected chi connectivity index (χ0v) is 12.3. The molecule has 0 saturated carbocycles. The van der Waals surface area contributed by atoms with Crippen LogP contribution >= 0.6 is 49.9 Å². The van der Waals surface area contributed by atoms with Crippen LogP contribution in [0.2, 0.25) is 0 Å². The predicted octanol–water partition coefficient (Wildman–Crippen LogP) is 2.86. The molecule has 2 N–H and O–H groups in total. The van der Waals surface area contributed by atoms with Crippen LogP contribution < -0.4 is 5.73 Å². The van der Waals surface area contributed by atoms with Gasteiger partial charge in [0.2, 0.25) is 0 Å². The molecular weight excluding hydrogens is 389 g/mol. The van der Waals surface area contributed by atoms with Crippen molar-refractivity contribution in [3.05, 3.63) is 36.8 Å². The molecule has 0 radical (unpaired) electrons. The number of halogens is 2. The number of thiophene rings is 1. The van der Waals surface area contributed by atoms with Crippen molar-refractivity contribution in [1.29, 1.82) is 0 Å². The highest BCUT2D eigenvalue weighted by molar-refractivity contribution is 14.1. The summed E-state index contributed by atoms with van der Waals surface area (Å²) < 4.78 is 4.17. The Labute approximate surface area is 114 Å². The fraction of sp³-hybridized carbons (Fsp3) is 0.222. The lowest BCUT2D eigenvalue weighted by Crippen LogP contribution is -2.19. The zero-order valence-electron chi connectivity index (χ0n) is 7.73. The second-order valence-corrected chi connectivity index (χ2v) is 6.77. The number of hydrogen-bond acceptors (Lipinski definition) is 3. The van der Waals surface area contributed by atoms with Gasteiger partial charge in [0.1, 0.15) is 0 Å². The zero-order chi connectivity index (χ0) is 10.8. The van der Waals surface area contributed by atoms with Crippen LogP contribution in [0.4, 0.5) is 0 Å². The molecule has 2 aromatic heterocycles. The molecule has 0 amide bonds. The van der Waals surface area contributed by atoms with E-state index < -0.39 is 0 Å². The lowest BCUT2D eigenvalue weighted by atomic mass is 10.2. The Morgan fingerprint density at radius 2 is 2.40 bits per heavy atom. The first-order valence-electron chi connectivity index (χ1n) is 4.35. The van der Waals surface area contributed by atoms with Crippen LogP contribution in [-0.2, 0) is 0 Å². The van der Waals surface area contributed by atoms with Crippen molar-refractivity contribution in [2.45, 2.75) is 6.04 Å². The van der Waals surface area contributed by atoms with E-state index in [0.29, 0.717) is 6.54 Å². The SMILES string of the molecule is NCC(c1ccc(Br)s1)n1cc(I)cn1. The van der Waals surface area contributed by atoms with Crippen molar-refractivity contribution in [1.82, 2.24) is 9.78 Å². The summed E-state index contributed by atoms with van der Waals surface area (Å²) in [7, 11) is 0. The maximum absolute atomic E-state index is 5.78. The van der Waals surface area contributed by atoms with Crippen molar-refractivity contribution < 1.29 is 0 Å². The van der Waals surface area contributed by atoms with Crippen molar-refractivity contribution in [3.63, 3.8) is 0 Å². The number of aromatic nitrogens is 2. The van der Waals surface area contributed by atoms with Crippen LogP contribution in [0.1, 0.15) is 10.9 Å². The molecule has 3 nitrogen and oxygen atoms in total. The van der Waals surface area contributed by atoms with Crippen molar-refractivity contribution >= 4 is 49.9 Å². The van der Waals surface area contributed by atoms with E-state index in [0.717, 1.165) is 7.36 Å². The molecule has 2 aromatic rings. The minimum absolute atomic E-state index is 0.143. The average molecular weight is 398 g/mol. The summed E-state index contributed by atoms with van der Waals surface area (Å²) in [6, 6.07) is 4.27. The normalized spacial score (nSPS) is 13.0. The summed E-state index contributed by atoms with van der Waals surface area (Å²) in [4.78, 5) is 1.23. The molecule has 2 rings (SSSR count). The third-order valence-electron chi connectivity index (χ3n) is 2.04. The maximum atomic E-state index is 5.78. The lowest BCUT2D eigenvalue weighted by molar-refractivity contribution is 0.539. The average Bonchev–Trinajstić information content (AvgIpc) is 2.78. The fourth-order valence-corrected chi connectivity index (χ4v) is 3.29. The van der Waals surface area contributed by atoms with Gasteiger partial charge in [-0.1, -0.05) is 0 Å². The number of rotatable bonds is 3. The lowest BCUT2D eigenvalue weighted by Gasteiger charge is -2.13. The summed E-state index contributed by atoms with van der Waals surface area (Å²) in [5, 5.41) is 4.29. The Balaban J connectivity index is 2.32. The second-order valence-electron chi connectivity index (χ2n) is 3.03. The van der Waals surface area contributed by atoms with Crippen LogP contribution in [0.15, 0.2) is 28.3 Å². The Kier molecular flexibility index (Phi) is 3.81. The van der Waals surface area contributed by atoms with Gasteiger partial charge in [-0.3, -0.25) is 4.68 Å². The second kappa shape index (κ2) is 4.94. The van der Waals surface area contributed by atoms with E-state index in [9.17, 15) is 0 Å². The summed E-state index contributed by atoms with van der Waals surface area (Å²) in [5.41, 5.74) is 5.78. The van der Waals surface area contributed by atoms with Gasteiger partial charge in [-0.25, -0.2) is 0 Å². The maximum Gasteiger partial charge on any atom is 0.0983 e. The molecule has 1 atom stereocenters. The van der Waals surface area contributed by atoms with Gasteiger partial charge < -0.3 is 5.73 Å². The van der Waals surface area contributed by atoms with Gasteiger partial charge in [0.15, 0.2) is 0 Å². The molecule has 0 fully saturated rings. The third-order valence-corrected chi connectivity index (χ3v) is 4.32. The summed E-state index contributed by atoms with van der Waals surface area (Å²) in [6.07, 6.45) is 3.84. The molecule has 0 aliphatic heterocycles. The van der Waals surface area contributed by atoms with Crippen LogP contribution in [0.25, 0.3) is 0 Å². The molecule has 6 heteroatoms. The monoisotopic (exact) mass is 397 g/mol. The van der Waals surface area contributed by atoms with Crippen molar-refractivity contribution in [2.24, 2.45) is 5.73 Å². The first-order chi connectivity index (χ1) is 7.20. The Morgan fingerprint density at radius 1 is 1.60 bits per heavy atom. The van der Waals surface area contributed by atoms with E-state index in [1.807, 2.05) is 23.1 Å². The van der Waals surface area contributed by atoms with E-state index in [1.165, 1.54) is 4.88 Å². The Hall–Kier alpha value is 0.0800. The fourth-order valence-electron chi connectivity index (χ4n) is 1.35. The number of nitrogens with two attached hydrogens (primary N) is 1. The molecule has 0 aliphatic carbocycles. The van der Waals surface area contributed by atoms with E-state index >= 15 is 0 Å². The smallest absolute Gasteiger partial charge is 0.0983 e. The molecule has 0 spiro atoms. The number of nitrogens with zero attached hydrogens (tertiary/aromatic N) is 2. The minimum atomic E-state index is 0.143. The highest BCUT2D eigenvalue weighted by Crippen LogP contribution is 2.28. The van der Waals surface area contributed by atoms with Gasteiger partial charge in [-0.05, 0) is 50.7 Å². The standard InChI is InChI=1S/C9H9BrIN3S/c10-9-2-1-8(15-9)7(3-12)14-5-6(11)4-13-14/h1-2,4-5,7H,3,12H2. The Morgan fingerprint density at radius 3 is 2.87 bits per heavy atom. The van der Waals surface area contributed by atoms with Gasteiger partial charge in [0.25, 0.3) is 0 Å². The van der Waals surface area contributed by atoms with Crippen LogP contribution in [-0.4, -0.2) is 16.3 Å². The summed E-state index contributed by atoms with van der Waals surface area (Å²) in [5.74, 6) is 0. The highest BCUT2D eigenvalue weighted by Gasteiger charge is 2.14. The van der Waals surface area contributed by atoms with Gasteiger partial charge in [0.05, 0.1) is 19.6 Å². The van der Waals surface area contributed by atoms with E-state index in [4.69, 9.17) is 5.73 Å². The van der Waals surface area contributed by atoms with E-state index in [1.54, 1.807) is 11.3 Å². The minimum Gasteiger partial charge on any atom is -0.328 e. The molecule has 0 saturated heterocycles. The van der Waals surface area contributed by atoms with E-state index in [-0.39, 0.29) is 6.04 Å². The van der Waals surface area contributed by atoms with Gasteiger partial charge in [0, 0.05) is 17.6 Å². The molecule has 1 unspecified atom stereocenters. The topological polar surface area (TPSA) is 43.8 Å². The van der Waals surface area contributed by atoms with Crippen molar-refractivity contribution in [3.8, 4) is 0 Å². The van der Waals surface area contributed by atoms with Gasteiger partial charge >= 0.3 is 0 Å². The molecule has 0 bridgehead atoms. The van der Waals surface area contributed by atoms with Gasteiger partial charge in [-0.15, -0.1) is 11.3 Å². The van der Waals surface area contributed by atoms with Crippen LogP contribution in [0.3, 0.4) is 0 Å². The first kappa shape index (κ1) is 11.6. The number of hydrogen-bond donors (Lipinski definition) is 1. The molecule has 15 heavy (non-hydrogen) atoms. The Bertz CT molecular complexity index is 413. The first-order valence-corrected chi connectivity index (χ1v) is 7.04. The van der Waals surface area contributed by atoms with Crippen LogP contribution in [0, 0.1) is 3.57 Å².